The zero-order valence-electron chi connectivity index (χ0n) is 13.5. The van der Waals surface area contributed by atoms with Crippen LogP contribution in [0.4, 0.5) is 5.82 Å². The van der Waals surface area contributed by atoms with Gasteiger partial charge >= 0.3 is 0 Å². The predicted molar refractivity (Wildman–Crippen MR) is 92.6 cm³/mol. The van der Waals surface area contributed by atoms with Crippen LogP contribution in [0.2, 0.25) is 0 Å². The van der Waals surface area contributed by atoms with E-state index in [4.69, 9.17) is 4.74 Å². The van der Waals surface area contributed by atoms with E-state index in [2.05, 4.69) is 20.3 Å². The molecule has 0 bridgehead atoms. The maximum Gasteiger partial charge on any atom is 0.164 e. The average Bonchev–Trinajstić information content (AvgIpc) is 2.65. The molecule has 6 heteroatoms. The highest BCUT2D eigenvalue weighted by molar-refractivity contribution is 5.85. The summed E-state index contributed by atoms with van der Waals surface area (Å²) in [6.45, 7) is 2.55. The molecule has 3 aromatic rings. The van der Waals surface area contributed by atoms with Crippen molar-refractivity contribution in [1.29, 1.82) is 0 Å². The second kappa shape index (κ2) is 7.81. The van der Waals surface area contributed by atoms with Gasteiger partial charge in [-0.2, -0.15) is 0 Å². The molecule has 0 aliphatic rings. The summed E-state index contributed by atoms with van der Waals surface area (Å²) in [7, 11) is 0. The van der Waals surface area contributed by atoms with Crippen LogP contribution in [0.5, 0.6) is 0 Å². The molecule has 2 atom stereocenters. The number of nitrogens with one attached hydrogen (secondary N) is 1. The molecule has 0 radical (unpaired) electrons. The molecule has 2 heterocycles. The fourth-order valence-electron chi connectivity index (χ4n) is 2.39. The summed E-state index contributed by atoms with van der Waals surface area (Å²) >= 11 is 0. The SMILES string of the molecule is C[C@H](OC[C@@H](O)CNc1ncnc2ncccc12)c1ccccc1. The smallest absolute Gasteiger partial charge is 0.164 e. The van der Waals surface area contributed by atoms with Gasteiger partial charge in [0.1, 0.15) is 12.1 Å². The second-order valence-electron chi connectivity index (χ2n) is 5.52. The Labute approximate surface area is 140 Å². The zero-order valence-corrected chi connectivity index (χ0v) is 13.5. The number of aliphatic hydroxyl groups excluding tert-OH is 1. The molecule has 0 amide bonds. The lowest BCUT2D eigenvalue weighted by atomic mass is 10.1. The van der Waals surface area contributed by atoms with Crippen LogP contribution < -0.4 is 5.32 Å². The Morgan fingerprint density at radius 2 is 1.92 bits per heavy atom. The number of rotatable bonds is 7. The molecule has 2 aromatic heterocycles. The van der Waals surface area contributed by atoms with Crippen molar-refractivity contribution in [2.75, 3.05) is 18.5 Å². The first kappa shape index (κ1) is 16.3. The van der Waals surface area contributed by atoms with Gasteiger partial charge in [0, 0.05) is 12.7 Å². The van der Waals surface area contributed by atoms with E-state index >= 15 is 0 Å². The van der Waals surface area contributed by atoms with E-state index in [1.54, 1.807) is 6.20 Å². The Morgan fingerprint density at radius 1 is 1.08 bits per heavy atom. The second-order valence-corrected chi connectivity index (χ2v) is 5.52. The van der Waals surface area contributed by atoms with Crippen LogP contribution in [0.3, 0.4) is 0 Å². The Kier molecular flexibility index (Phi) is 5.30. The number of aromatic nitrogens is 3. The lowest BCUT2D eigenvalue weighted by Crippen LogP contribution is -2.26. The van der Waals surface area contributed by atoms with E-state index in [1.807, 2.05) is 49.4 Å². The maximum absolute atomic E-state index is 10.1. The number of hydrogen-bond acceptors (Lipinski definition) is 6. The number of nitrogens with zero attached hydrogens (tertiary/aromatic N) is 3. The molecule has 124 valence electrons. The normalized spacial score (nSPS) is 13.6. The molecule has 0 spiro atoms. The van der Waals surface area contributed by atoms with Gasteiger partial charge in [0.25, 0.3) is 0 Å². The minimum atomic E-state index is -0.641. The lowest BCUT2D eigenvalue weighted by Gasteiger charge is -2.17. The molecule has 0 aliphatic heterocycles. The molecule has 0 aliphatic carbocycles. The summed E-state index contributed by atoms with van der Waals surface area (Å²) in [5.74, 6) is 0.656. The van der Waals surface area contributed by atoms with Crippen molar-refractivity contribution in [3.05, 3.63) is 60.6 Å². The van der Waals surface area contributed by atoms with Gasteiger partial charge in [-0.05, 0) is 24.6 Å². The van der Waals surface area contributed by atoms with Crippen LogP contribution in [0, 0.1) is 0 Å². The fourth-order valence-corrected chi connectivity index (χ4v) is 2.39. The van der Waals surface area contributed by atoms with Gasteiger partial charge in [-0.25, -0.2) is 15.0 Å². The van der Waals surface area contributed by atoms with Gasteiger partial charge < -0.3 is 15.2 Å². The number of anilines is 1. The van der Waals surface area contributed by atoms with Gasteiger partial charge in [0.05, 0.1) is 24.2 Å². The van der Waals surface area contributed by atoms with Crippen LogP contribution in [-0.2, 0) is 4.74 Å². The molecular weight excluding hydrogens is 304 g/mol. The molecule has 1 aromatic carbocycles. The van der Waals surface area contributed by atoms with E-state index in [0.29, 0.717) is 18.0 Å². The van der Waals surface area contributed by atoms with Crippen LogP contribution in [0.15, 0.2) is 55.0 Å². The summed E-state index contributed by atoms with van der Waals surface area (Å²) in [6.07, 6.45) is 2.44. The van der Waals surface area contributed by atoms with Crippen molar-refractivity contribution in [3.8, 4) is 0 Å². The molecular formula is C18H20N4O2. The summed E-state index contributed by atoms with van der Waals surface area (Å²) in [5.41, 5.74) is 1.71. The number of aliphatic hydroxyl groups is 1. The van der Waals surface area contributed by atoms with Gasteiger partial charge in [-0.3, -0.25) is 0 Å². The third-order valence-corrected chi connectivity index (χ3v) is 3.72. The van der Waals surface area contributed by atoms with Gasteiger partial charge in [-0.15, -0.1) is 0 Å². The fraction of sp³-hybridized carbons (Fsp3) is 0.278. The molecule has 0 unspecified atom stereocenters. The van der Waals surface area contributed by atoms with Crippen LogP contribution in [-0.4, -0.2) is 39.3 Å². The van der Waals surface area contributed by atoms with Crippen molar-refractivity contribution in [1.82, 2.24) is 15.0 Å². The molecule has 0 saturated heterocycles. The number of fused-ring (bicyclic) bond motifs is 1. The minimum Gasteiger partial charge on any atom is -0.389 e. The van der Waals surface area contributed by atoms with Crippen LogP contribution >= 0.6 is 0 Å². The van der Waals surface area contributed by atoms with E-state index in [0.717, 1.165) is 10.9 Å². The Morgan fingerprint density at radius 3 is 2.75 bits per heavy atom. The largest absolute Gasteiger partial charge is 0.389 e. The highest BCUT2D eigenvalue weighted by Gasteiger charge is 2.11. The van der Waals surface area contributed by atoms with E-state index in [-0.39, 0.29) is 12.7 Å². The lowest BCUT2D eigenvalue weighted by molar-refractivity contribution is 0.00242. The Balaban J connectivity index is 1.53. The Hall–Kier alpha value is -2.57. The number of pyridine rings is 1. The number of benzene rings is 1. The predicted octanol–water partition coefficient (Wildman–Crippen LogP) is 2.58. The van der Waals surface area contributed by atoms with Crippen molar-refractivity contribution < 1.29 is 9.84 Å². The third kappa shape index (κ3) is 4.04. The highest BCUT2D eigenvalue weighted by Crippen LogP contribution is 2.18. The monoisotopic (exact) mass is 324 g/mol. The maximum atomic E-state index is 10.1. The molecule has 3 rings (SSSR count). The topological polar surface area (TPSA) is 80.2 Å². The van der Waals surface area contributed by atoms with Gasteiger partial charge in [0.2, 0.25) is 0 Å². The van der Waals surface area contributed by atoms with Crippen molar-refractivity contribution in [2.45, 2.75) is 19.1 Å². The summed E-state index contributed by atoms with van der Waals surface area (Å²) in [4.78, 5) is 12.5. The van der Waals surface area contributed by atoms with E-state index in [1.165, 1.54) is 6.33 Å². The first-order valence-electron chi connectivity index (χ1n) is 7.88. The summed E-state index contributed by atoms with van der Waals surface area (Å²) in [6, 6.07) is 13.7. The Bertz CT molecular complexity index is 777. The van der Waals surface area contributed by atoms with E-state index < -0.39 is 6.10 Å². The van der Waals surface area contributed by atoms with Crippen LogP contribution in [0.1, 0.15) is 18.6 Å². The highest BCUT2D eigenvalue weighted by atomic mass is 16.5. The quantitative estimate of drug-likeness (QED) is 0.695. The van der Waals surface area contributed by atoms with Crippen molar-refractivity contribution in [2.24, 2.45) is 0 Å². The molecule has 24 heavy (non-hydrogen) atoms. The summed E-state index contributed by atoms with van der Waals surface area (Å²) in [5, 5.41) is 14.1. The number of hydrogen-bond donors (Lipinski definition) is 2. The minimum absolute atomic E-state index is 0.0649. The molecule has 0 saturated carbocycles. The average molecular weight is 324 g/mol. The van der Waals surface area contributed by atoms with Crippen molar-refractivity contribution >= 4 is 16.9 Å². The molecule has 6 nitrogen and oxygen atoms in total. The van der Waals surface area contributed by atoms with Crippen molar-refractivity contribution in [3.63, 3.8) is 0 Å². The number of ether oxygens (including phenoxy) is 1. The van der Waals surface area contributed by atoms with E-state index in [9.17, 15) is 5.11 Å². The van der Waals surface area contributed by atoms with Gasteiger partial charge in [0.15, 0.2) is 5.65 Å². The third-order valence-electron chi connectivity index (χ3n) is 3.72. The summed E-state index contributed by atoms with van der Waals surface area (Å²) < 4.78 is 5.73. The van der Waals surface area contributed by atoms with Gasteiger partial charge in [-0.1, -0.05) is 30.3 Å². The standard InChI is InChI=1S/C18H20N4O2/c1-13(14-6-3-2-4-7-14)24-11-15(23)10-20-18-16-8-5-9-19-17(16)21-12-22-18/h2-9,12-13,15,23H,10-11H2,1H3,(H,19,20,21,22)/t13-,15-/m0/s1. The first-order valence-corrected chi connectivity index (χ1v) is 7.88. The first-order chi connectivity index (χ1) is 11.7. The van der Waals surface area contributed by atoms with Crippen LogP contribution in [0.25, 0.3) is 11.0 Å². The zero-order chi connectivity index (χ0) is 16.8. The molecule has 0 fully saturated rings. The molecule has 2 N–H and O–H groups in total.